The fraction of sp³-hybridized carbons (Fsp3) is 1.00. The highest BCUT2D eigenvalue weighted by molar-refractivity contribution is 8.33. The van der Waals surface area contributed by atoms with E-state index in [0.717, 1.165) is 11.8 Å². The molecule has 10 heavy (non-hydrogen) atoms. The molecule has 0 saturated carbocycles. The van der Waals surface area contributed by atoms with Gasteiger partial charge in [-0.1, -0.05) is 13.8 Å². The molecule has 0 aliphatic heterocycles. The van der Waals surface area contributed by atoms with Crippen molar-refractivity contribution in [2.24, 2.45) is 5.73 Å². The van der Waals surface area contributed by atoms with Crippen LogP contribution in [0.4, 0.5) is 0 Å². The van der Waals surface area contributed by atoms with Crippen molar-refractivity contribution in [3.8, 4) is 0 Å². The third kappa shape index (κ3) is 3.47. The molecule has 0 aromatic rings. The van der Waals surface area contributed by atoms with Gasteiger partial charge in [0, 0.05) is 0 Å². The smallest absolute Gasteiger partial charge is 0.00700 e. The minimum atomic E-state index is -0.340. The van der Waals surface area contributed by atoms with Crippen LogP contribution in [-0.4, -0.2) is 30.1 Å². The molecule has 0 atom stereocenters. The zero-order chi connectivity index (χ0) is 8.20. The van der Waals surface area contributed by atoms with E-state index < -0.39 is 0 Å². The number of nitrogens with two attached hydrogens (primary N) is 1. The molecule has 0 aliphatic carbocycles. The van der Waals surface area contributed by atoms with Gasteiger partial charge in [0.2, 0.25) is 0 Å². The Kier molecular flexibility index (Phi) is 4.37. The van der Waals surface area contributed by atoms with Crippen LogP contribution in [0, 0.1) is 0 Å². The first kappa shape index (κ1) is 10.3. The zero-order valence-electron chi connectivity index (χ0n) is 7.68. The Morgan fingerprint density at radius 1 is 1.30 bits per heavy atom. The summed E-state index contributed by atoms with van der Waals surface area (Å²) in [6, 6.07) is 0. The fourth-order valence-corrected chi connectivity index (χ4v) is 2.07. The van der Waals surface area contributed by atoms with Crippen LogP contribution in [0.25, 0.3) is 0 Å². The van der Waals surface area contributed by atoms with Crippen LogP contribution < -0.4 is 5.73 Å². The molecule has 0 spiro atoms. The quantitative estimate of drug-likeness (QED) is 0.672. The topological polar surface area (TPSA) is 26.0 Å². The first-order valence-electron chi connectivity index (χ1n) is 3.90. The summed E-state index contributed by atoms with van der Waals surface area (Å²) in [5.74, 6) is 1.33. The third-order valence-electron chi connectivity index (χ3n) is 2.15. The maximum atomic E-state index is 5.45. The van der Waals surface area contributed by atoms with E-state index >= 15 is 0 Å². The summed E-state index contributed by atoms with van der Waals surface area (Å²) in [6.07, 6.45) is 5.99. The lowest BCUT2D eigenvalue weighted by molar-refractivity contribution is 0.929. The minimum absolute atomic E-state index is 0.340. The summed E-state index contributed by atoms with van der Waals surface area (Å²) in [4.78, 5) is 0. The molecule has 2 heteroatoms. The lowest BCUT2D eigenvalue weighted by atomic mass is 10.5. The van der Waals surface area contributed by atoms with Crippen LogP contribution in [0.2, 0.25) is 0 Å². The van der Waals surface area contributed by atoms with Crippen molar-refractivity contribution in [2.75, 3.05) is 24.8 Å². The summed E-state index contributed by atoms with van der Waals surface area (Å²) < 4.78 is 0. The average Bonchev–Trinajstić information content (AvgIpc) is 1.84. The zero-order valence-corrected chi connectivity index (χ0v) is 8.50. The highest BCUT2D eigenvalue weighted by atomic mass is 32.3. The summed E-state index contributed by atoms with van der Waals surface area (Å²) >= 11 is 0. The van der Waals surface area contributed by atoms with Gasteiger partial charge in [-0.05, 0) is 36.5 Å². The van der Waals surface area contributed by atoms with Crippen LogP contribution in [0.3, 0.4) is 0 Å². The molecule has 0 heterocycles. The molecule has 0 fully saturated rings. The number of rotatable bonds is 4. The van der Waals surface area contributed by atoms with Gasteiger partial charge in [0.15, 0.2) is 0 Å². The van der Waals surface area contributed by atoms with E-state index in [0.29, 0.717) is 0 Å². The predicted octanol–water partition coefficient (Wildman–Crippen LogP) is 1.81. The first-order chi connectivity index (χ1) is 4.50. The summed E-state index contributed by atoms with van der Waals surface area (Å²) in [5, 5.41) is 0.846. The van der Waals surface area contributed by atoms with Crippen LogP contribution >= 0.6 is 10.0 Å². The second kappa shape index (κ2) is 4.24. The number of hydrogen-bond acceptors (Lipinski definition) is 1. The molecule has 0 bridgehead atoms. The molecule has 0 unspecified atom stereocenters. The normalized spacial score (nSPS) is 14.2. The molecule has 0 saturated heterocycles. The molecule has 2 N–H and O–H groups in total. The van der Waals surface area contributed by atoms with Gasteiger partial charge in [0.05, 0.1) is 0 Å². The molecule has 1 nitrogen and oxygen atoms in total. The van der Waals surface area contributed by atoms with Gasteiger partial charge in [-0.15, -0.1) is 0 Å². The molecular weight excluding hydrogens is 142 g/mol. The average molecular weight is 163 g/mol. The Labute approximate surface area is 66.7 Å². The van der Waals surface area contributed by atoms with Gasteiger partial charge in [0.25, 0.3) is 0 Å². The Bertz CT molecular complexity index is 89.3. The molecule has 0 aliphatic rings. The van der Waals surface area contributed by atoms with Crippen molar-refractivity contribution in [1.29, 1.82) is 0 Å². The van der Waals surface area contributed by atoms with Crippen molar-refractivity contribution in [3.63, 3.8) is 0 Å². The SMILES string of the molecule is CC(C)S(C)(C)CCCN. The van der Waals surface area contributed by atoms with Gasteiger partial charge >= 0.3 is 0 Å². The van der Waals surface area contributed by atoms with Crippen molar-refractivity contribution in [2.45, 2.75) is 25.5 Å². The van der Waals surface area contributed by atoms with E-state index in [1.807, 2.05) is 0 Å². The van der Waals surface area contributed by atoms with E-state index in [2.05, 4.69) is 26.4 Å². The van der Waals surface area contributed by atoms with Crippen molar-refractivity contribution in [1.82, 2.24) is 0 Å². The highest BCUT2D eigenvalue weighted by Crippen LogP contribution is 2.44. The molecule has 0 aromatic carbocycles. The van der Waals surface area contributed by atoms with Gasteiger partial charge in [-0.2, -0.15) is 0 Å². The van der Waals surface area contributed by atoms with Crippen molar-refractivity contribution in [3.05, 3.63) is 0 Å². The second-order valence-electron chi connectivity index (χ2n) is 3.52. The Balaban J connectivity index is 3.63. The van der Waals surface area contributed by atoms with Gasteiger partial charge in [0.1, 0.15) is 0 Å². The Morgan fingerprint density at radius 3 is 2.10 bits per heavy atom. The Morgan fingerprint density at radius 2 is 1.80 bits per heavy atom. The largest absolute Gasteiger partial charge is 0.330 e. The first-order valence-corrected chi connectivity index (χ1v) is 6.59. The van der Waals surface area contributed by atoms with Crippen LogP contribution in [0.1, 0.15) is 20.3 Å². The highest BCUT2D eigenvalue weighted by Gasteiger charge is 2.14. The monoisotopic (exact) mass is 163 g/mol. The molecule has 0 amide bonds. The van der Waals surface area contributed by atoms with Crippen LogP contribution in [0.15, 0.2) is 0 Å². The van der Waals surface area contributed by atoms with Crippen LogP contribution in [0.5, 0.6) is 0 Å². The Hall–Kier alpha value is 0.310. The van der Waals surface area contributed by atoms with E-state index in [9.17, 15) is 0 Å². The molecule has 0 rings (SSSR count). The van der Waals surface area contributed by atoms with Gasteiger partial charge in [-0.3, -0.25) is 0 Å². The standard InChI is InChI=1S/C8H21NS/c1-8(2)10(3,4)7-5-6-9/h8H,5-7,9H2,1-4H3. The maximum absolute atomic E-state index is 5.45. The van der Waals surface area contributed by atoms with Gasteiger partial charge < -0.3 is 5.73 Å². The number of hydrogen-bond donors (Lipinski definition) is 1. The van der Waals surface area contributed by atoms with Crippen LogP contribution in [-0.2, 0) is 0 Å². The molecular formula is C8H21NS. The van der Waals surface area contributed by atoms with E-state index in [1.54, 1.807) is 0 Å². The minimum Gasteiger partial charge on any atom is -0.330 e. The fourth-order valence-electron chi connectivity index (χ4n) is 0.691. The second-order valence-corrected chi connectivity index (χ2v) is 8.12. The molecule has 0 radical (unpaired) electrons. The predicted molar refractivity (Wildman–Crippen MR) is 53.1 cm³/mol. The molecule has 0 aromatic heterocycles. The van der Waals surface area contributed by atoms with Gasteiger partial charge in [-0.25, -0.2) is 10.0 Å². The lowest BCUT2D eigenvalue weighted by Crippen LogP contribution is -2.15. The summed E-state index contributed by atoms with van der Waals surface area (Å²) in [7, 11) is -0.340. The molecule has 64 valence electrons. The lowest BCUT2D eigenvalue weighted by Gasteiger charge is -2.35. The van der Waals surface area contributed by atoms with E-state index in [1.165, 1.54) is 12.2 Å². The maximum Gasteiger partial charge on any atom is -0.00700 e. The van der Waals surface area contributed by atoms with E-state index in [4.69, 9.17) is 5.73 Å². The third-order valence-corrected chi connectivity index (χ3v) is 6.04. The van der Waals surface area contributed by atoms with Crippen molar-refractivity contribution >= 4 is 10.0 Å². The van der Waals surface area contributed by atoms with E-state index in [-0.39, 0.29) is 10.0 Å². The summed E-state index contributed by atoms with van der Waals surface area (Å²) in [6.45, 7) is 5.47. The van der Waals surface area contributed by atoms with Crippen molar-refractivity contribution < 1.29 is 0 Å². The summed E-state index contributed by atoms with van der Waals surface area (Å²) in [5.41, 5.74) is 5.45.